The third-order valence-electron chi connectivity index (χ3n) is 6.47. The van der Waals surface area contributed by atoms with Crippen molar-refractivity contribution in [1.82, 2.24) is 19.9 Å². The Kier molecular flexibility index (Phi) is 6.03. The first-order valence-corrected chi connectivity index (χ1v) is 11.4. The Bertz CT molecular complexity index is 916. The van der Waals surface area contributed by atoms with E-state index in [1.54, 1.807) is 6.20 Å². The average molecular weight is 446 g/mol. The van der Waals surface area contributed by atoms with Gasteiger partial charge in [0.25, 0.3) is 6.43 Å². The fourth-order valence-electron chi connectivity index (χ4n) is 4.39. The van der Waals surface area contributed by atoms with Gasteiger partial charge in [0.05, 0.1) is 13.2 Å². The van der Waals surface area contributed by atoms with Crippen LogP contribution in [-0.2, 0) is 4.74 Å². The molecule has 1 unspecified atom stereocenters. The van der Waals surface area contributed by atoms with Crippen molar-refractivity contribution < 1.29 is 13.5 Å². The molecule has 0 bridgehead atoms. The molecule has 2 aromatic heterocycles. The summed E-state index contributed by atoms with van der Waals surface area (Å²) in [7, 11) is 2.04. The standard InChI is InChI=1S/C22H29F2N7O/c1-29(18-6-7-25-22(28-18)30-9-11-32-12-10-30)16-3-2-8-31(14-16)19-13-17(20(23)24)26-21(27-19)15-4-5-15/h6-7,13,15-16,20H,2-5,8-12,14H2,1H3. The van der Waals surface area contributed by atoms with Crippen LogP contribution in [0.15, 0.2) is 18.3 Å². The smallest absolute Gasteiger partial charge is 0.280 e. The van der Waals surface area contributed by atoms with Crippen LogP contribution in [0.1, 0.15) is 49.5 Å². The van der Waals surface area contributed by atoms with Crippen LogP contribution in [0.4, 0.5) is 26.4 Å². The van der Waals surface area contributed by atoms with Gasteiger partial charge in [-0.2, -0.15) is 4.98 Å². The van der Waals surface area contributed by atoms with Gasteiger partial charge in [0.2, 0.25) is 5.95 Å². The van der Waals surface area contributed by atoms with Crippen LogP contribution in [0, 0.1) is 0 Å². The largest absolute Gasteiger partial charge is 0.378 e. The summed E-state index contributed by atoms with van der Waals surface area (Å²) in [5.41, 5.74) is -0.168. The molecule has 5 rings (SSSR count). The molecule has 0 amide bonds. The van der Waals surface area contributed by atoms with E-state index in [1.165, 1.54) is 6.07 Å². The van der Waals surface area contributed by atoms with Crippen molar-refractivity contribution in [3.63, 3.8) is 0 Å². The predicted molar refractivity (Wildman–Crippen MR) is 118 cm³/mol. The first kappa shape index (κ1) is 21.2. The molecule has 2 aromatic rings. The Labute approximate surface area is 186 Å². The monoisotopic (exact) mass is 445 g/mol. The number of anilines is 3. The highest BCUT2D eigenvalue weighted by atomic mass is 19.3. The molecular weight excluding hydrogens is 416 g/mol. The second-order valence-corrected chi connectivity index (χ2v) is 8.75. The lowest BCUT2D eigenvalue weighted by molar-refractivity contribution is 0.122. The minimum atomic E-state index is -2.59. The highest BCUT2D eigenvalue weighted by Crippen LogP contribution is 2.39. The Morgan fingerprint density at radius 3 is 2.62 bits per heavy atom. The van der Waals surface area contributed by atoms with Gasteiger partial charge in [-0.3, -0.25) is 0 Å². The van der Waals surface area contributed by atoms with E-state index in [0.717, 1.165) is 57.1 Å². The SMILES string of the molecule is CN(c1ccnc(N2CCOCC2)n1)C1CCCN(c2cc(C(F)F)nc(C3CC3)n2)C1. The van der Waals surface area contributed by atoms with Crippen molar-refractivity contribution in [2.24, 2.45) is 0 Å². The summed E-state index contributed by atoms with van der Waals surface area (Å²) in [5.74, 6) is 3.00. The molecule has 8 nitrogen and oxygen atoms in total. The Balaban J connectivity index is 1.33. The summed E-state index contributed by atoms with van der Waals surface area (Å²) in [5, 5.41) is 0. The van der Waals surface area contributed by atoms with Gasteiger partial charge in [-0.15, -0.1) is 0 Å². The van der Waals surface area contributed by atoms with Crippen molar-refractivity contribution in [3.05, 3.63) is 29.8 Å². The van der Waals surface area contributed by atoms with E-state index in [2.05, 4.69) is 29.7 Å². The number of alkyl halides is 2. The number of halogens is 2. The van der Waals surface area contributed by atoms with Crippen LogP contribution in [0.5, 0.6) is 0 Å². The molecule has 3 fully saturated rings. The molecule has 1 aliphatic carbocycles. The zero-order valence-electron chi connectivity index (χ0n) is 18.3. The maximum Gasteiger partial charge on any atom is 0.280 e. The minimum absolute atomic E-state index is 0.168. The summed E-state index contributed by atoms with van der Waals surface area (Å²) in [6.07, 6.45) is 3.14. The van der Waals surface area contributed by atoms with Crippen molar-refractivity contribution in [2.45, 2.75) is 44.1 Å². The predicted octanol–water partition coefficient (Wildman–Crippen LogP) is 3.02. The molecular formula is C22H29F2N7O. The summed E-state index contributed by atoms with van der Waals surface area (Å²) in [6, 6.07) is 3.58. The second-order valence-electron chi connectivity index (χ2n) is 8.75. The number of rotatable bonds is 6. The maximum atomic E-state index is 13.5. The van der Waals surface area contributed by atoms with Crippen LogP contribution in [-0.4, -0.2) is 72.4 Å². The summed E-state index contributed by atoms with van der Waals surface area (Å²) < 4.78 is 32.3. The molecule has 1 atom stereocenters. The van der Waals surface area contributed by atoms with Gasteiger partial charge in [-0.25, -0.2) is 23.7 Å². The minimum Gasteiger partial charge on any atom is -0.378 e. The van der Waals surface area contributed by atoms with Gasteiger partial charge in [0.15, 0.2) is 0 Å². The van der Waals surface area contributed by atoms with E-state index in [1.807, 2.05) is 13.1 Å². The average Bonchev–Trinajstić information content (AvgIpc) is 3.70. The molecule has 10 heteroatoms. The zero-order chi connectivity index (χ0) is 22.1. The summed E-state index contributed by atoms with van der Waals surface area (Å²) >= 11 is 0. The highest BCUT2D eigenvalue weighted by Gasteiger charge is 2.31. The summed E-state index contributed by atoms with van der Waals surface area (Å²) in [6.45, 7) is 4.45. The first-order valence-electron chi connectivity index (χ1n) is 11.4. The summed E-state index contributed by atoms with van der Waals surface area (Å²) in [4.78, 5) is 24.5. The molecule has 32 heavy (non-hydrogen) atoms. The number of morpholine rings is 1. The maximum absolute atomic E-state index is 13.5. The zero-order valence-corrected chi connectivity index (χ0v) is 18.3. The lowest BCUT2D eigenvalue weighted by Crippen LogP contribution is -2.47. The number of ether oxygens (including phenoxy) is 1. The fourth-order valence-corrected chi connectivity index (χ4v) is 4.39. The third-order valence-corrected chi connectivity index (χ3v) is 6.47. The van der Waals surface area contributed by atoms with Crippen LogP contribution in [0.2, 0.25) is 0 Å². The second kappa shape index (κ2) is 9.09. The van der Waals surface area contributed by atoms with Crippen LogP contribution < -0.4 is 14.7 Å². The number of piperidine rings is 1. The van der Waals surface area contributed by atoms with Gasteiger partial charge in [0, 0.05) is 57.4 Å². The highest BCUT2D eigenvalue weighted by molar-refractivity contribution is 5.47. The Hall–Kier alpha value is -2.62. The number of aromatic nitrogens is 4. The molecule has 2 aliphatic heterocycles. The third kappa shape index (κ3) is 4.60. The van der Waals surface area contributed by atoms with E-state index in [9.17, 15) is 8.78 Å². The number of likely N-dealkylation sites (N-methyl/N-ethyl adjacent to an activating group) is 1. The molecule has 1 saturated carbocycles. The molecule has 172 valence electrons. The van der Waals surface area contributed by atoms with E-state index < -0.39 is 6.43 Å². The normalized spacial score (nSPS) is 21.8. The first-order chi connectivity index (χ1) is 15.6. The molecule has 0 radical (unpaired) electrons. The van der Waals surface area contributed by atoms with Crippen LogP contribution in [0.25, 0.3) is 0 Å². The lowest BCUT2D eigenvalue weighted by atomic mass is 10.0. The Morgan fingerprint density at radius 1 is 1.06 bits per heavy atom. The van der Waals surface area contributed by atoms with Gasteiger partial charge in [-0.05, 0) is 31.7 Å². The molecule has 3 aliphatic rings. The molecule has 0 spiro atoms. The van der Waals surface area contributed by atoms with E-state index in [-0.39, 0.29) is 17.7 Å². The number of hydrogen-bond acceptors (Lipinski definition) is 8. The molecule has 2 saturated heterocycles. The van der Waals surface area contributed by atoms with Gasteiger partial charge >= 0.3 is 0 Å². The van der Waals surface area contributed by atoms with Crippen molar-refractivity contribution in [1.29, 1.82) is 0 Å². The van der Waals surface area contributed by atoms with Crippen molar-refractivity contribution >= 4 is 17.6 Å². The van der Waals surface area contributed by atoms with E-state index >= 15 is 0 Å². The topological polar surface area (TPSA) is 70.5 Å². The van der Waals surface area contributed by atoms with Crippen molar-refractivity contribution in [3.8, 4) is 0 Å². The van der Waals surface area contributed by atoms with Gasteiger partial charge < -0.3 is 19.4 Å². The van der Waals surface area contributed by atoms with E-state index in [0.29, 0.717) is 31.4 Å². The number of hydrogen-bond donors (Lipinski definition) is 0. The molecule has 0 aromatic carbocycles. The van der Waals surface area contributed by atoms with Crippen molar-refractivity contribution in [2.75, 3.05) is 61.1 Å². The van der Waals surface area contributed by atoms with Crippen LogP contribution in [0.3, 0.4) is 0 Å². The van der Waals surface area contributed by atoms with Crippen LogP contribution >= 0.6 is 0 Å². The lowest BCUT2D eigenvalue weighted by Gasteiger charge is -2.39. The fraction of sp³-hybridized carbons (Fsp3) is 0.636. The van der Waals surface area contributed by atoms with Gasteiger partial charge in [0.1, 0.15) is 23.2 Å². The van der Waals surface area contributed by atoms with Gasteiger partial charge in [-0.1, -0.05) is 0 Å². The molecule has 0 N–H and O–H groups in total. The number of nitrogens with zero attached hydrogens (tertiary/aromatic N) is 7. The Morgan fingerprint density at radius 2 is 1.88 bits per heavy atom. The molecule has 4 heterocycles. The quantitative estimate of drug-likeness (QED) is 0.672. The van der Waals surface area contributed by atoms with E-state index in [4.69, 9.17) is 9.72 Å².